The van der Waals surface area contributed by atoms with Crippen LogP contribution in [0.15, 0.2) is 30.3 Å². The first-order chi connectivity index (χ1) is 8.20. The Bertz CT molecular complexity index is 434. The minimum Gasteiger partial charge on any atom is -0.387 e. The predicted molar refractivity (Wildman–Crippen MR) is 67.4 cm³/mol. The number of nitrogens with zero attached hydrogens (tertiary/aromatic N) is 1. The highest BCUT2D eigenvalue weighted by molar-refractivity contribution is 5.79. The van der Waals surface area contributed by atoms with E-state index in [4.69, 9.17) is 5.11 Å². The number of rotatable bonds is 2. The van der Waals surface area contributed by atoms with E-state index in [2.05, 4.69) is 37.3 Å². The van der Waals surface area contributed by atoms with E-state index in [1.54, 1.807) is 4.90 Å². The summed E-state index contributed by atoms with van der Waals surface area (Å²) in [7, 11) is 0. The Morgan fingerprint density at radius 3 is 2.59 bits per heavy atom. The zero-order chi connectivity index (χ0) is 12.3. The summed E-state index contributed by atoms with van der Waals surface area (Å²) in [5, 5.41) is 8.79. The molecule has 0 radical (unpaired) electrons. The molecule has 0 aromatic heterocycles. The zero-order valence-corrected chi connectivity index (χ0v) is 10.0. The molecule has 1 N–H and O–H groups in total. The summed E-state index contributed by atoms with van der Waals surface area (Å²) in [5.41, 5.74) is 3.76. The molecule has 1 aromatic rings. The van der Waals surface area contributed by atoms with Gasteiger partial charge >= 0.3 is 0 Å². The van der Waals surface area contributed by atoms with Crippen molar-refractivity contribution in [3.63, 3.8) is 0 Å². The summed E-state index contributed by atoms with van der Waals surface area (Å²) in [5.74, 6) is -0.191. The molecule has 17 heavy (non-hydrogen) atoms. The van der Waals surface area contributed by atoms with Crippen molar-refractivity contribution in [3.05, 3.63) is 41.5 Å². The SMILES string of the molecule is Cc1ccc(C2=CCN(C(=O)CO)CC2)cc1. The van der Waals surface area contributed by atoms with Crippen molar-refractivity contribution in [3.8, 4) is 0 Å². The van der Waals surface area contributed by atoms with Crippen LogP contribution in [0, 0.1) is 6.92 Å². The van der Waals surface area contributed by atoms with Gasteiger partial charge in [0.2, 0.25) is 5.91 Å². The highest BCUT2D eigenvalue weighted by Gasteiger charge is 2.16. The smallest absolute Gasteiger partial charge is 0.248 e. The van der Waals surface area contributed by atoms with Crippen LogP contribution < -0.4 is 0 Å². The first-order valence-electron chi connectivity index (χ1n) is 5.85. The Kier molecular flexibility index (Phi) is 3.59. The lowest BCUT2D eigenvalue weighted by atomic mass is 9.98. The van der Waals surface area contributed by atoms with Gasteiger partial charge in [0.05, 0.1) is 0 Å². The normalized spacial score (nSPS) is 15.6. The van der Waals surface area contributed by atoms with Crippen LogP contribution in [-0.4, -0.2) is 35.6 Å². The lowest BCUT2D eigenvalue weighted by Gasteiger charge is -2.26. The van der Waals surface area contributed by atoms with E-state index in [1.165, 1.54) is 16.7 Å². The fraction of sp³-hybridized carbons (Fsp3) is 0.357. The van der Waals surface area contributed by atoms with Crippen LogP contribution in [0.25, 0.3) is 5.57 Å². The molecule has 0 atom stereocenters. The van der Waals surface area contributed by atoms with E-state index in [-0.39, 0.29) is 5.91 Å². The third-order valence-electron chi connectivity index (χ3n) is 3.12. The first-order valence-corrected chi connectivity index (χ1v) is 5.85. The van der Waals surface area contributed by atoms with Crippen molar-refractivity contribution in [2.45, 2.75) is 13.3 Å². The van der Waals surface area contributed by atoms with Gasteiger partial charge in [-0.05, 0) is 24.5 Å². The number of carbonyl (C=O) groups is 1. The molecule has 0 saturated heterocycles. The molecule has 0 spiro atoms. The van der Waals surface area contributed by atoms with Gasteiger partial charge < -0.3 is 10.0 Å². The second kappa shape index (κ2) is 5.15. The van der Waals surface area contributed by atoms with Gasteiger partial charge in [-0.3, -0.25) is 4.79 Å². The maximum absolute atomic E-state index is 11.3. The summed E-state index contributed by atoms with van der Waals surface area (Å²) in [6.07, 6.45) is 2.93. The van der Waals surface area contributed by atoms with Crippen LogP contribution in [0.2, 0.25) is 0 Å². The lowest BCUT2D eigenvalue weighted by Crippen LogP contribution is -2.36. The molecule has 90 valence electrons. The van der Waals surface area contributed by atoms with Crippen molar-refractivity contribution in [1.82, 2.24) is 4.90 Å². The maximum Gasteiger partial charge on any atom is 0.248 e. The fourth-order valence-electron chi connectivity index (χ4n) is 2.03. The molecule has 1 aliphatic heterocycles. The van der Waals surface area contributed by atoms with Gasteiger partial charge in [-0.1, -0.05) is 35.9 Å². The minimum atomic E-state index is -0.395. The molecule has 1 aliphatic rings. The van der Waals surface area contributed by atoms with Gasteiger partial charge in [0, 0.05) is 13.1 Å². The third kappa shape index (κ3) is 2.74. The second-order valence-electron chi connectivity index (χ2n) is 4.34. The molecular weight excluding hydrogens is 214 g/mol. The Hall–Kier alpha value is -1.61. The molecule has 2 rings (SSSR count). The van der Waals surface area contributed by atoms with Gasteiger partial charge in [0.1, 0.15) is 6.61 Å². The molecule has 1 amide bonds. The van der Waals surface area contributed by atoms with Crippen LogP contribution in [0.4, 0.5) is 0 Å². The van der Waals surface area contributed by atoms with Crippen molar-refractivity contribution in [2.75, 3.05) is 19.7 Å². The average molecular weight is 231 g/mol. The van der Waals surface area contributed by atoms with Gasteiger partial charge in [0.25, 0.3) is 0 Å². The van der Waals surface area contributed by atoms with Crippen molar-refractivity contribution >= 4 is 11.5 Å². The molecule has 1 heterocycles. The molecule has 0 aliphatic carbocycles. The van der Waals surface area contributed by atoms with Crippen LogP contribution >= 0.6 is 0 Å². The van der Waals surface area contributed by atoms with Crippen LogP contribution in [-0.2, 0) is 4.79 Å². The van der Waals surface area contributed by atoms with Gasteiger partial charge in [-0.2, -0.15) is 0 Å². The molecule has 3 nitrogen and oxygen atoms in total. The Balaban J connectivity index is 2.08. The predicted octanol–water partition coefficient (Wildman–Crippen LogP) is 1.60. The van der Waals surface area contributed by atoms with E-state index < -0.39 is 6.61 Å². The topological polar surface area (TPSA) is 40.5 Å². The molecule has 0 fully saturated rings. The first kappa shape index (κ1) is 11.9. The number of aryl methyl sites for hydroxylation is 1. The highest BCUT2D eigenvalue weighted by atomic mass is 16.3. The van der Waals surface area contributed by atoms with E-state index in [9.17, 15) is 4.79 Å². The number of hydrogen-bond donors (Lipinski definition) is 1. The second-order valence-corrected chi connectivity index (χ2v) is 4.34. The number of amides is 1. The van der Waals surface area contributed by atoms with Crippen LogP contribution in [0.1, 0.15) is 17.5 Å². The minimum absolute atomic E-state index is 0.191. The highest BCUT2D eigenvalue weighted by Crippen LogP contribution is 2.22. The van der Waals surface area contributed by atoms with Gasteiger partial charge in [-0.25, -0.2) is 0 Å². The Morgan fingerprint density at radius 1 is 1.35 bits per heavy atom. The quantitative estimate of drug-likeness (QED) is 0.840. The number of hydrogen-bond acceptors (Lipinski definition) is 2. The molecule has 1 aromatic carbocycles. The monoisotopic (exact) mass is 231 g/mol. The number of aliphatic hydroxyl groups excluding tert-OH is 1. The number of aliphatic hydroxyl groups is 1. The van der Waals surface area contributed by atoms with Crippen molar-refractivity contribution < 1.29 is 9.90 Å². The lowest BCUT2D eigenvalue weighted by molar-refractivity contribution is -0.133. The van der Waals surface area contributed by atoms with E-state index >= 15 is 0 Å². The number of benzene rings is 1. The number of carbonyl (C=O) groups excluding carboxylic acids is 1. The zero-order valence-electron chi connectivity index (χ0n) is 10.0. The van der Waals surface area contributed by atoms with Gasteiger partial charge in [-0.15, -0.1) is 0 Å². The van der Waals surface area contributed by atoms with Crippen LogP contribution in [0.3, 0.4) is 0 Å². The van der Waals surface area contributed by atoms with Crippen molar-refractivity contribution in [2.24, 2.45) is 0 Å². The Morgan fingerprint density at radius 2 is 2.06 bits per heavy atom. The van der Waals surface area contributed by atoms with Crippen molar-refractivity contribution in [1.29, 1.82) is 0 Å². The largest absolute Gasteiger partial charge is 0.387 e. The standard InChI is InChI=1S/C14H17NO2/c1-11-2-4-12(5-3-11)13-6-8-15(9-7-13)14(17)10-16/h2-6,16H,7-10H2,1H3. The van der Waals surface area contributed by atoms with E-state index in [0.717, 1.165) is 6.42 Å². The molecule has 0 bridgehead atoms. The van der Waals surface area contributed by atoms with E-state index in [1.807, 2.05) is 0 Å². The van der Waals surface area contributed by atoms with E-state index in [0.29, 0.717) is 13.1 Å². The third-order valence-corrected chi connectivity index (χ3v) is 3.12. The molecular formula is C14H17NO2. The summed E-state index contributed by atoms with van der Waals surface area (Å²) < 4.78 is 0. The molecule has 0 saturated carbocycles. The molecule has 3 heteroatoms. The van der Waals surface area contributed by atoms with Gasteiger partial charge in [0.15, 0.2) is 0 Å². The summed E-state index contributed by atoms with van der Waals surface area (Å²) >= 11 is 0. The fourth-order valence-corrected chi connectivity index (χ4v) is 2.03. The summed E-state index contributed by atoms with van der Waals surface area (Å²) in [6, 6.07) is 8.43. The average Bonchev–Trinajstić information content (AvgIpc) is 2.39. The summed E-state index contributed by atoms with van der Waals surface area (Å²) in [4.78, 5) is 13.0. The molecule has 0 unspecified atom stereocenters. The Labute approximate surface area is 101 Å². The summed E-state index contributed by atoms with van der Waals surface area (Å²) in [6.45, 7) is 2.97. The maximum atomic E-state index is 11.3. The van der Waals surface area contributed by atoms with Crippen LogP contribution in [0.5, 0.6) is 0 Å².